The lowest BCUT2D eigenvalue weighted by Crippen LogP contribution is -2.75. The zero-order valence-corrected chi connectivity index (χ0v) is 12.6. The summed E-state index contributed by atoms with van der Waals surface area (Å²) >= 11 is 0. The van der Waals surface area contributed by atoms with Crippen molar-refractivity contribution in [3.63, 3.8) is 0 Å². The number of amides is 2. The van der Waals surface area contributed by atoms with Crippen molar-refractivity contribution in [3.05, 3.63) is 0 Å². The summed E-state index contributed by atoms with van der Waals surface area (Å²) in [5, 5.41) is 19.2. The van der Waals surface area contributed by atoms with Crippen molar-refractivity contribution in [2.24, 2.45) is 0 Å². The number of quaternary nitrogens is 1. The minimum absolute atomic E-state index is 0.315. The van der Waals surface area contributed by atoms with E-state index >= 15 is 0 Å². The maximum atomic E-state index is 12.6. The largest absolute Gasteiger partial charge is 0.522 e. The number of carboxylic acids is 1. The van der Waals surface area contributed by atoms with Gasteiger partial charge in [-0.3, -0.25) is 0 Å². The molecular formula is C13H21FNO6+. The first-order chi connectivity index (χ1) is 9.46. The molecule has 120 valence electrons. The fraction of sp³-hybridized carbons (Fsp3) is 0.769. The van der Waals surface area contributed by atoms with E-state index in [1.165, 1.54) is 27.7 Å². The van der Waals surface area contributed by atoms with E-state index in [2.05, 4.69) is 0 Å². The molecule has 1 heterocycles. The lowest BCUT2D eigenvalue weighted by Gasteiger charge is -2.45. The number of carbonyl (C=O) groups excluding carboxylic acids is 1. The van der Waals surface area contributed by atoms with Crippen LogP contribution in [0.4, 0.5) is 9.18 Å². The molecule has 21 heavy (non-hydrogen) atoms. The molecule has 0 bridgehead atoms. The van der Waals surface area contributed by atoms with Gasteiger partial charge in [-0.05, 0) is 20.8 Å². The van der Waals surface area contributed by atoms with Crippen molar-refractivity contribution in [1.29, 1.82) is 0 Å². The van der Waals surface area contributed by atoms with Crippen molar-refractivity contribution in [2.75, 3.05) is 13.3 Å². The van der Waals surface area contributed by atoms with E-state index in [-0.39, 0.29) is 13.0 Å². The van der Waals surface area contributed by atoms with Crippen LogP contribution in [0.1, 0.15) is 34.1 Å². The number of rotatable bonds is 4. The second-order valence-electron chi connectivity index (χ2n) is 6.29. The zero-order chi connectivity index (χ0) is 16.6. The first-order valence-corrected chi connectivity index (χ1v) is 6.55. The highest BCUT2D eigenvalue weighted by molar-refractivity contribution is 5.94. The molecule has 1 saturated heterocycles. The standard InChI is InChI=1S/C13H20FNO6/c1-12(2,3)15(11(19)20)9(16)8(21-6-5-14)7-13(15,4)10(17)18/h8H,5-7H2,1-4H3,(H-,17,18,19,20)/p+1/t8-,13-,15?/m0/s1. The number of likely N-dealkylation sites (tertiary alicyclic amines) is 1. The number of hydrogen-bond donors (Lipinski definition) is 2. The second-order valence-corrected chi connectivity index (χ2v) is 6.29. The number of nitrogens with zero attached hydrogens (tertiary/aromatic N) is 1. The Labute approximate surface area is 121 Å². The smallest absolute Gasteiger partial charge is 0.477 e. The molecule has 1 rings (SSSR count). The van der Waals surface area contributed by atoms with Crippen LogP contribution >= 0.6 is 0 Å². The van der Waals surface area contributed by atoms with Gasteiger partial charge < -0.3 is 14.9 Å². The highest BCUT2D eigenvalue weighted by atomic mass is 19.1. The molecule has 8 heteroatoms. The Balaban J connectivity index is 3.51. The average Bonchev–Trinajstić information content (AvgIpc) is 2.56. The van der Waals surface area contributed by atoms with Gasteiger partial charge >= 0.3 is 18.0 Å². The maximum absolute atomic E-state index is 12.6. The Morgan fingerprint density at radius 2 is 1.95 bits per heavy atom. The van der Waals surface area contributed by atoms with E-state index in [1.54, 1.807) is 0 Å². The number of aliphatic carboxylic acids is 1. The van der Waals surface area contributed by atoms with Gasteiger partial charge in [0.25, 0.3) is 0 Å². The lowest BCUT2D eigenvalue weighted by molar-refractivity contribution is -0.863. The van der Waals surface area contributed by atoms with Crippen molar-refractivity contribution in [3.8, 4) is 0 Å². The van der Waals surface area contributed by atoms with Crippen molar-refractivity contribution >= 4 is 18.0 Å². The third-order valence-electron chi connectivity index (χ3n) is 4.08. The number of imide groups is 1. The third kappa shape index (κ3) is 2.22. The summed E-state index contributed by atoms with van der Waals surface area (Å²) in [6, 6.07) is 0. The number of hydrogen-bond acceptors (Lipinski definition) is 4. The van der Waals surface area contributed by atoms with Crippen LogP contribution in [0.15, 0.2) is 0 Å². The molecule has 2 amide bonds. The Bertz CT molecular complexity index is 474. The van der Waals surface area contributed by atoms with E-state index in [9.17, 15) is 29.0 Å². The summed E-state index contributed by atoms with van der Waals surface area (Å²) in [7, 11) is 0. The second kappa shape index (κ2) is 5.34. The number of alkyl halides is 1. The van der Waals surface area contributed by atoms with Crippen LogP contribution in [0.3, 0.4) is 0 Å². The molecule has 2 N–H and O–H groups in total. The van der Waals surface area contributed by atoms with Crippen LogP contribution in [0.25, 0.3) is 0 Å². The van der Waals surface area contributed by atoms with Gasteiger partial charge in [0.15, 0.2) is 6.10 Å². The van der Waals surface area contributed by atoms with Crippen LogP contribution in [-0.2, 0) is 14.3 Å². The van der Waals surface area contributed by atoms with E-state index in [1.807, 2.05) is 0 Å². The van der Waals surface area contributed by atoms with Crippen LogP contribution in [0, 0.1) is 0 Å². The summed E-state index contributed by atoms with van der Waals surface area (Å²) in [6.45, 7) is 4.45. The summed E-state index contributed by atoms with van der Waals surface area (Å²) in [6.07, 6.45) is -3.12. The normalized spacial score (nSPS) is 33.2. The van der Waals surface area contributed by atoms with Crippen molar-refractivity contribution in [2.45, 2.75) is 51.3 Å². The summed E-state index contributed by atoms with van der Waals surface area (Å²) < 4.78 is 16.0. The molecule has 0 aliphatic carbocycles. The quantitative estimate of drug-likeness (QED) is 0.762. The van der Waals surface area contributed by atoms with E-state index < -0.39 is 46.3 Å². The summed E-state index contributed by atoms with van der Waals surface area (Å²) in [5.41, 5.74) is -3.09. The topological polar surface area (TPSA) is 101 Å². The number of ether oxygens (including phenoxy) is 1. The molecule has 0 aromatic carbocycles. The third-order valence-corrected chi connectivity index (χ3v) is 4.08. The molecule has 1 unspecified atom stereocenters. The Morgan fingerprint density at radius 3 is 2.24 bits per heavy atom. The number of carbonyl (C=O) groups is 3. The van der Waals surface area contributed by atoms with Gasteiger partial charge in [0, 0.05) is 6.92 Å². The van der Waals surface area contributed by atoms with Crippen LogP contribution in [-0.4, -0.2) is 63.1 Å². The molecule has 1 fully saturated rings. The molecule has 0 spiro atoms. The molecule has 0 aromatic heterocycles. The highest BCUT2D eigenvalue weighted by Crippen LogP contribution is 2.46. The van der Waals surface area contributed by atoms with Gasteiger partial charge in [-0.25, -0.2) is 14.0 Å². The van der Waals surface area contributed by atoms with Gasteiger partial charge in [-0.15, -0.1) is 4.48 Å². The molecule has 7 nitrogen and oxygen atoms in total. The molecule has 1 aliphatic rings. The minimum Gasteiger partial charge on any atom is -0.477 e. The lowest BCUT2D eigenvalue weighted by atomic mass is 9.89. The fourth-order valence-corrected chi connectivity index (χ4v) is 3.26. The van der Waals surface area contributed by atoms with Crippen LogP contribution in [0.5, 0.6) is 0 Å². The van der Waals surface area contributed by atoms with Gasteiger partial charge in [-0.2, -0.15) is 4.79 Å². The molecule has 1 aliphatic heterocycles. The van der Waals surface area contributed by atoms with Gasteiger partial charge in [0.05, 0.1) is 13.0 Å². The average molecular weight is 306 g/mol. The first kappa shape index (κ1) is 17.5. The predicted molar refractivity (Wildman–Crippen MR) is 69.4 cm³/mol. The zero-order valence-electron chi connectivity index (χ0n) is 12.6. The number of carboxylic acid groups (broad SMARTS) is 2. The van der Waals surface area contributed by atoms with Gasteiger partial charge in [-0.1, -0.05) is 0 Å². The van der Waals surface area contributed by atoms with Crippen LogP contribution < -0.4 is 0 Å². The molecule has 0 saturated carbocycles. The fourth-order valence-electron chi connectivity index (χ4n) is 3.26. The predicted octanol–water partition coefficient (Wildman–Crippen LogP) is 1.41. The maximum Gasteiger partial charge on any atom is 0.522 e. The minimum atomic E-state index is -1.89. The molecule has 0 aromatic rings. The van der Waals surface area contributed by atoms with Gasteiger partial charge in [0.2, 0.25) is 5.54 Å². The van der Waals surface area contributed by atoms with Crippen molar-refractivity contribution in [1.82, 2.24) is 0 Å². The molecule has 3 atom stereocenters. The Morgan fingerprint density at radius 1 is 1.43 bits per heavy atom. The Hall–Kier alpha value is -1.54. The van der Waals surface area contributed by atoms with E-state index in [0.29, 0.717) is 0 Å². The highest BCUT2D eigenvalue weighted by Gasteiger charge is 2.76. The summed E-state index contributed by atoms with van der Waals surface area (Å²) in [5.74, 6) is -2.27. The van der Waals surface area contributed by atoms with Crippen LogP contribution in [0.2, 0.25) is 0 Å². The van der Waals surface area contributed by atoms with E-state index in [0.717, 1.165) is 0 Å². The molecule has 0 radical (unpaired) electrons. The summed E-state index contributed by atoms with van der Waals surface area (Å²) in [4.78, 5) is 36.2. The van der Waals surface area contributed by atoms with Crippen molar-refractivity contribution < 1.29 is 38.2 Å². The number of halogens is 1. The SMILES string of the molecule is CC(C)(C)[N+]1(C(=O)O)C(=O)[C@@H](OCCF)C[C@@]1(C)C(=O)O. The first-order valence-electron chi connectivity index (χ1n) is 6.55. The van der Waals surface area contributed by atoms with E-state index in [4.69, 9.17) is 4.74 Å². The van der Waals surface area contributed by atoms with Gasteiger partial charge in [0.1, 0.15) is 12.2 Å². The molecular weight excluding hydrogens is 285 g/mol. The Kier molecular flexibility index (Phi) is 4.45. The monoisotopic (exact) mass is 306 g/mol.